The third kappa shape index (κ3) is 3.65. The highest BCUT2D eigenvalue weighted by Gasteiger charge is 2.16. The van der Waals surface area contributed by atoms with E-state index in [2.05, 4.69) is 26.3 Å². The van der Waals surface area contributed by atoms with E-state index in [-0.39, 0.29) is 5.91 Å². The number of halogens is 2. The quantitative estimate of drug-likeness (QED) is 0.434. The van der Waals surface area contributed by atoms with Crippen LogP contribution in [-0.4, -0.2) is 15.7 Å². The molecule has 0 unspecified atom stereocenters. The number of thiophene rings is 1. The average molecular weight is 444 g/mol. The first kappa shape index (κ1) is 17.9. The molecular formula is C20H15BrFN3OS. The van der Waals surface area contributed by atoms with Crippen LogP contribution in [0.15, 0.2) is 63.8 Å². The Kier molecular flexibility index (Phi) is 5.05. The largest absolute Gasteiger partial charge is 0.304 e. The first-order valence-electron chi connectivity index (χ1n) is 8.28. The average Bonchev–Trinajstić information content (AvgIpc) is 3.27. The molecule has 0 bridgehead atoms. The Labute approximate surface area is 167 Å². The molecule has 0 fully saturated rings. The number of alkyl halides is 1. The number of anilines is 1. The molecule has 0 spiro atoms. The lowest BCUT2D eigenvalue weighted by Gasteiger charge is -2.04. The summed E-state index contributed by atoms with van der Waals surface area (Å²) in [5, 5.41) is 12.1. The molecule has 0 aliphatic heterocycles. The third-order valence-corrected chi connectivity index (χ3v) is 5.96. The van der Waals surface area contributed by atoms with E-state index in [4.69, 9.17) is 0 Å². The highest BCUT2D eigenvalue weighted by molar-refractivity contribution is 9.10. The number of nitrogens with zero attached hydrogens (tertiary/aromatic N) is 2. The number of aromatic nitrogens is 2. The number of fused-ring (bicyclic) bond motifs is 1. The number of amides is 1. The Hall–Kier alpha value is -2.51. The molecule has 2 aromatic heterocycles. The van der Waals surface area contributed by atoms with Gasteiger partial charge in [-0.1, -0.05) is 36.4 Å². The van der Waals surface area contributed by atoms with E-state index < -0.39 is 6.67 Å². The lowest BCUT2D eigenvalue weighted by atomic mass is 10.1. The smallest absolute Gasteiger partial charge is 0.258 e. The molecule has 0 aliphatic carbocycles. The molecule has 4 aromatic rings. The van der Waals surface area contributed by atoms with Gasteiger partial charge in [0.2, 0.25) is 0 Å². The minimum atomic E-state index is -0.473. The summed E-state index contributed by atoms with van der Waals surface area (Å²) in [5.41, 5.74) is 3.17. The summed E-state index contributed by atoms with van der Waals surface area (Å²) in [7, 11) is 0. The normalized spacial score (nSPS) is 11.0. The fourth-order valence-corrected chi connectivity index (χ4v) is 4.32. The van der Waals surface area contributed by atoms with E-state index in [0.29, 0.717) is 23.5 Å². The van der Waals surface area contributed by atoms with Gasteiger partial charge >= 0.3 is 0 Å². The van der Waals surface area contributed by atoms with E-state index in [0.717, 1.165) is 20.9 Å². The van der Waals surface area contributed by atoms with Crippen molar-refractivity contribution in [2.75, 3.05) is 5.32 Å². The number of benzene rings is 2. The van der Waals surface area contributed by atoms with E-state index in [1.165, 1.54) is 11.3 Å². The summed E-state index contributed by atoms with van der Waals surface area (Å²) in [4.78, 5) is 12.6. The van der Waals surface area contributed by atoms with Crippen molar-refractivity contribution in [2.45, 2.75) is 13.2 Å². The fraction of sp³-hybridized carbons (Fsp3) is 0.100. The van der Waals surface area contributed by atoms with E-state index in [1.807, 2.05) is 46.5 Å². The number of hydrogen-bond donors (Lipinski definition) is 1. The summed E-state index contributed by atoms with van der Waals surface area (Å²) in [6.45, 7) is 0.0599. The molecule has 2 aromatic carbocycles. The molecule has 4 rings (SSSR count). The lowest BCUT2D eigenvalue weighted by molar-refractivity contribution is 0.102. The molecule has 0 radical (unpaired) electrons. The summed E-state index contributed by atoms with van der Waals surface area (Å²) < 4.78 is 15.3. The molecule has 136 valence electrons. The van der Waals surface area contributed by atoms with Crippen LogP contribution in [0.4, 0.5) is 10.2 Å². The molecule has 0 aliphatic rings. The van der Waals surface area contributed by atoms with Crippen molar-refractivity contribution < 1.29 is 9.18 Å². The SMILES string of the molecule is O=C(Nc1nn(Cc2ccc(CF)cc2)c2ccccc12)c1cscc1Br. The third-order valence-electron chi connectivity index (χ3n) is 4.26. The van der Waals surface area contributed by atoms with Gasteiger partial charge in [-0.3, -0.25) is 9.48 Å². The van der Waals surface area contributed by atoms with Crippen LogP contribution in [0.3, 0.4) is 0 Å². The van der Waals surface area contributed by atoms with Gasteiger partial charge in [0.15, 0.2) is 5.82 Å². The maximum Gasteiger partial charge on any atom is 0.258 e. The van der Waals surface area contributed by atoms with Gasteiger partial charge in [0.1, 0.15) is 6.67 Å². The maximum absolute atomic E-state index is 12.7. The van der Waals surface area contributed by atoms with Crippen LogP contribution in [0.2, 0.25) is 0 Å². The molecule has 1 N–H and O–H groups in total. The van der Waals surface area contributed by atoms with Gasteiger partial charge in [0, 0.05) is 20.6 Å². The monoisotopic (exact) mass is 443 g/mol. The summed E-state index contributed by atoms with van der Waals surface area (Å²) in [6, 6.07) is 15.1. The van der Waals surface area contributed by atoms with Gasteiger partial charge in [0.05, 0.1) is 17.6 Å². The van der Waals surface area contributed by atoms with Gasteiger partial charge in [-0.15, -0.1) is 0 Å². The molecule has 0 saturated heterocycles. The van der Waals surface area contributed by atoms with Crippen LogP contribution in [0.25, 0.3) is 10.9 Å². The van der Waals surface area contributed by atoms with Gasteiger partial charge in [-0.25, -0.2) is 4.39 Å². The Balaban J connectivity index is 1.66. The van der Waals surface area contributed by atoms with Crippen molar-refractivity contribution in [1.82, 2.24) is 9.78 Å². The maximum atomic E-state index is 12.7. The van der Waals surface area contributed by atoms with Crippen molar-refractivity contribution >= 4 is 49.9 Å². The fourth-order valence-electron chi connectivity index (χ4n) is 2.87. The van der Waals surface area contributed by atoms with Gasteiger partial charge in [-0.05, 0) is 39.2 Å². The highest BCUT2D eigenvalue weighted by Crippen LogP contribution is 2.26. The number of carbonyl (C=O) groups excluding carboxylic acids is 1. The van der Waals surface area contributed by atoms with Crippen molar-refractivity contribution in [1.29, 1.82) is 0 Å². The lowest BCUT2D eigenvalue weighted by Crippen LogP contribution is -2.12. The molecule has 0 saturated carbocycles. The Bertz CT molecular complexity index is 1100. The van der Waals surface area contributed by atoms with Crippen molar-refractivity contribution in [3.8, 4) is 0 Å². The van der Waals surface area contributed by atoms with Crippen molar-refractivity contribution in [3.05, 3.63) is 80.5 Å². The molecule has 1 amide bonds. The van der Waals surface area contributed by atoms with Gasteiger partial charge < -0.3 is 5.32 Å². The Morgan fingerprint density at radius 2 is 1.85 bits per heavy atom. The Morgan fingerprint density at radius 1 is 1.11 bits per heavy atom. The number of carbonyl (C=O) groups is 1. The van der Waals surface area contributed by atoms with Crippen LogP contribution in [0, 0.1) is 0 Å². The predicted molar refractivity (Wildman–Crippen MR) is 110 cm³/mol. The zero-order chi connectivity index (χ0) is 18.8. The minimum absolute atomic E-state index is 0.203. The zero-order valence-corrected chi connectivity index (χ0v) is 16.6. The predicted octanol–water partition coefficient (Wildman–Crippen LogP) is 5.63. The first-order chi connectivity index (χ1) is 13.2. The van der Waals surface area contributed by atoms with Crippen LogP contribution >= 0.6 is 27.3 Å². The summed E-state index contributed by atoms with van der Waals surface area (Å²) in [6.07, 6.45) is 0. The standard InChI is InChI=1S/C20H15BrFN3OS/c21-17-12-27-11-16(17)20(26)23-19-15-3-1-2-4-18(15)25(24-19)10-14-7-5-13(9-22)6-8-14/h1-8,11-12H,9-10H2,(H,23,24,26). The van der Waals surface area contributed by atoms with Gasteiger partial charge in [-0.2, -0.15) is 16.4 Å². The van der Waals surface area contributed by atoms with Crippen LogP contribution in [-0.2, 0) is 13.2 Å². The topological polar surface area (TPSA) is 46.9 Å². The second kappa shape index (κ2) is 7.62. The van der Waals surface area contributed by atoms with Crippen molar-refractivity contribution in [3.63, 3.8) is 0 Å². The number of nitrogens with one attached hydrogen (secondary N) is 1. The number of para-hydroxylation sites is 1. The first-order valence-corrected chi connectivity index (χ1v) is 10.0. The summed E-state index contributed by atoms with van der Waals surface area (Å²) in [5.74, 6) is 0.319. The molecule has 27 heavy (non-hydrogen) atoms. The van der Waals surface area contributed by atoms with E-state index in [1.54, 1.807) is 17.5 Å². The number of hydrogen-bond acceptors (Lipinski definition) is 3. The Morgan fingerprint density at radius 3 is 2.56 bits per heavy atom. The van der Waals surface area contributed by atoms with Gasteiger partial charge in [0.25, 0.3) is 5.91 Å². The second-order valence-corrected chi connectivity index (χ2v) is 7.66. The van der Waals surface area contributed by atoms with Crippen LogP contribution < -0.4 is 5.32 Å². The zero-order valence-electron chi connectivity index (χ0n) is 14.2. The van der Waals surface area contributed by atoms with Crippen molar-refractivity contribution in [2.24, 2.45) is 0 Å². The van der Waals surface area contributed by atoms with E-state index >= 15 is 0 Å². The highest BCUT2D eigenvalue weighted by atomic mass is 79.9. The second-order valence-electron chi connectivity index (χ2n) is 6.06. The van der Waals surface area contributed by atoms with Crippen LogP contribution in [0.5, 0.6) is 0 Å². The molecule has 2 heterocycles. The molecular weight excluding hydrogens is 429 g/mol. The molecule has 4 nitrogen and oxygen atoms in total. The number of rotatable bonds is 5. The minimum Gasteiger partial charge on any atom is -0.304 e. The molecule has 0 atom stereocenters. The molecule has 7 heteroatoms. The summed E-state index contributed by atoms with van der Waals surface area (Å²) >= 11 is 4.85. The van der Waals surface area contributed by atoms with Crippen LogP contribution in [0.1, 0.15) is 21.5 Å². The van der Waals surface area contributed by atoms with E-state index in [9.17, 15) is 9.18 Å².